The second-order valence-corrected chi connectivity index (χ2v) is 5.21. The smallest absolute Gasteiger partial charge is 0.232 e. The average Bonchev–Trinajstić information content (AvgIpc) is 2.94. The van der Waals surface area contributed by atoms with Gasteiger partial charge >= 0.3 is 0 Å². The number of carbonyl (C=O) groups excluding carboxylic acids is 1. The van der Waals surface area contributed by atoms with Gasteiger partial charge in [-0.1, -0.05) is 0 Å². The lowest BCUT2D eigenvalue weighted by Crippen LogP contribution is -2.40. The molecule has 2 unspecified atom stereocenters. The summed E-state index contributed by atoms with van der Waals surface area (Å²) in [4.78, 5) is 14.4. The van der Waals surface area contributed by atoms with Crippen molar-refractivity contribution in [2.45, 2.75) is 25.8 Å². The number of ether oxygens (including phenoxy) is 1. The van der Waals surface area contributed by atoms with E-state index < -0.39 is 0 Å². The van der Waals surface area contributed by atoms with Crippen molar-refractivity contribution in [1.29, 1.82) is 0 Å². The Bertz CT molecular complexity index is 481. The molecule has 0 spiro atoms. The van der Waals surface area contributed by atoms with E-state index in [1.54, 1.807) is 0 Å². The zero-order valence-electron chi connectivity index (χ0n) is 10.6. The summed E-state index contributed by atoms with van der Waals surface area (Å²) < 4.78 is 5.31. The van der Waals surface area contributed by atoms with Crippen molar-refractivity contribution < 1.29 is 9.53 Å². The maximum Gasteiger partial charge on any atom is 0.232 e. The van der Waals surface area contributed by atoms with Crippen LogP contribution in [-0.2, 0) is 16.0 Å². The van der Waals surface area contributed by atoms with Crippen molar-refractivity contribution in [3.8, 4) is 0 Å². The minimum atomic E-state index is 0.0240. The maximum absolute atomic E-state index is 12.5. The lowest BCUT2D eigenvalue weighted by molar-refractivity contribution is -0.122. The third-order valence-corrected chi connectivity index (χ3v) is 3.84. The van der Waals surface area contributed by atoms with Gasteiger partial charge in [0.1, 0.15) is 0 Å². The van der Waals surface area contributed by atoms with Gasteiger partial charge in [-0.25, -0.2) is 0 Å². The van der Waals surface area contributed by atoms with Gasteiger partial charge in [0, 0.05) is 24.0 Å². The topological polar surface area (TPSA) is 55.6 Å². The highest BCUT2D eigenvalue weighted by Crippen LogP contribution is 2.35. The third kappa shape index (κ3) is 1.77. The summed E-state index contributed by atoms with van der Waals surface area (Å²) >= 11 is 0. The van der Waals surface area contributed by atoms with Crippen LogP contribution in [0.15, 0.2) is 18.2 Å². The predicted molar refractivity (Wildman–Crippen MR) is 70.4 cm³/mol. The van der Waals surface area contributed by atoms with E-state index in [1.165, 1.54) is 5.56 Å². The van der Waals surface area contributed by atoms with Gasteiger partial charge in [-0.15, -0.1) is 0 Å². The number of carbonyl (C=O) groups is 1. The lowest BCUT2D eigenvalue weighted by Gasteiger charge is -2.25. The molecular formula is C14H18N2O2. The molecule has 3 rings (SSSR count). The fraction of sp³-hybridized carbons (Fsp3) is 0.500. The van der Waals surface area contributed by atoms with Crippen LogP contribution in [0.4, 0.5) is 11.4 Å². The molecule has 18 heavy (non-hydrogen) atoms. The van der Waals surface area contributed by atoms with Gasteiger partial charge in [0.25, 0.3) is 0 Å². The summed E-state index contributed by atoms with van der Waals surface area (Å²) in [6.45, 7) is 3.35. The molecule has 0 radical (unpaired) electrons. The molecule has 1 aromatic carbocycles. The van der Waals surface area contributed by atoms with Crippen LogP contribution in [0.25, 0.3) is 0 Å². The van der Waals surface area contributed by atoms with Crippen molar-refractivity contribution in [3.63, 3.8) is 0 Å². The van der Waals surface area contributed by atoms with Crippen LogP contribution < -0.4 is 10.6 Å². The molecule has 0 aliphatic carbocycles. The SMILES string of the molecule is CC1Cc2cc(N)ccc2N1C(=O)C1CCOC1. The molecule has 1 amide bonds. The molecule has 2 aliphatic rings. The molecule has 2 heterocycles. The average molecular weight is 246 g/mol. The Kier molecular flexibility index (Phi) is 2.74. The number of nitrogens with zero attached hydrogens (tertiary/aromatic N) is 1. The molecule has 2 N–H and O–H groups in total. The first-order chi connectivity index (χ1) is 8.66. The molecule has 2 aliphatic heterocycles. The minimum absolute atomic E-state index is 0.0240. The van der Waals surface area contributed by atoms with Crippen molar-refractivity contribution in [3.05, 3.63) is 23.8 Å². The van der Waals surface area contributed by atoms with E-state index in [2.05, 4.69) is 6.92 Å². The van der Waals surface area contributed by atoms with Gasteiger partial charge in [0.2, 0.25) is 5.91 Å². The van der Waals surface area contributed by atoms with Crippen molar-refractivity contribution >= 4 is 17.3 Å². The van der Waals surface area contributed by atoms with E-state index in [4.69, 9.17) is 10.5 Å². The zero-order valence-corrected chi connectivity index (χ0v) is 10.6. The van der Waals surface area contributed by atoms with Crippen molar-refractivity contribution in [1.82, 2.24) is 0 Å². The quantitative estimate of drug-likeness (QED) is 0.765. The number of rotatable bonds is 1. The fourth-order valence-corrected chi connectivity index (χ4v) is 2.91. The molecular weight excluding hydrogens is 228 g/mol. The fourth-order valence-electron chi connectivity index (χ4n) is 2.91. The highest BCUT2D eigenvalue weighted by atomic mass is 16.5. The van der Waals surface area contributed by atoms with Crippen LogP contribution in [-0.4, -0.2) is 25.2 Å². The van der Waals surface area contributed by atoms with E-state index in [9.17, 15) is 4.79 Å². The third-order valence-electron chi connectivity index (χ3n) is 3.84. The van der Waals surface area contributed by atoms with Crippen molar-refractivity contribution in [2.75, 3.05) is 23.8 Å². The summed E-state index contributed by atoms with van der Waals surface area (Å²) in [5.41, 5.74) is 8.76. The molecule has 96 valence electrons. The van der Waals surface area contributed by atoms with E-state index >= 15 is 0 Å². The first kappa shape index (κ1) is 11.5. The molecule has 0 saturated carbocycles. The number of fused-ring (bicyclic) bond motifs is 1. The number of benzene rings is 1. The highest BCUT2D eigenvalue weighted by molar-refractivity contribution is 5.98. The van der Waals surface area contributed by atoms with Gasteiger partial charge in [-0.05, 0) is 43.5 Å². The Morgan fingerprint density at radius 3 is 3.06 bits per heavy atom. The molecule has 1 aromatic rings. The Labute approximate surface area is 107 Å². The van der Waals surface area contributed by atoms with Gasteiger partial charge in [0.15, 0.2) is 0 Å². The van der Waals surface area contributed by atoms with Gasteiger partial charge in [-0.2, -0.15) is 0 Å². The number of nitrogen functional groups attached to an aromatic ring is 1. The van der Waals surface area contributed by atoms with Crippen LogP contribution in [0.5, 0.6) is 0 Å². The first-order valence-corrected chi connectivity index (χ1v) is 6.46. The van der Waals surface area contributed by atoms with E-state index in [1.807, 2.05) is 23.1 Å². The zero-order chi connectivity index (χ0) is 12.7. The normalized spacial score (nSPS) is 26.4. The Balaban J connectivity index is 1.91. The number of amides is 1. The van der Waals surface area contributed by atoms with Crippen LogP contribution in [0.2, 0.25) is 0 Å². The van der Waals surface area contributed by atoms with Gasteiger partial charge in [0.05, 0.1) is 12.5 Å². The second-order valence-electron chi connectivity index (χ2n) is 5.21. The highest BCUT2D eigenvalue weighted by Gasteiger charge is 2.36. The number of hydrogen-bond acceptors (Lipinski definition) is 3. The molecule has 0 aromatic heterocycles. The van der Waals surface area contributed by atoms with Crippen LogP contribution in [0.1, 0.15) is 18.9 Å². The number of nitrogens with two attached hydrogens (primary N) is 1. The summed E-state index contributed by atoms with van der Waals surface area (Å²) in [7, 11) is 0. The second kappa shape index (κ2) is 4.28. The van der Waals surface area contributed by atoms with Gasteiger partial charge < -0.3 is 15.4 Å². The van der Waals surface area contributed by atoms with Crippen LogP contribution >= 0.6 is 0 Å². The van der Waals surface area contributed by atoms with Gasteiger partial charge in [-0.3, -0.25) is 4.79 Å². The van der Waals surface area contributed by atoms with E-state index in [-0.39, 0.29) is 17.9 Å². The molecule has 1 saturated heterocycles. The number of anilines is 2. The standard InChI is InChI=1S/C14H18N2O2/c1-9-6-11-7-12(15)2-3-13(11)16(9)14(17)10-4-5-18-8-10/h2-3,7,9-10H,4-6,8,15H2,1H3. The summed E-state index contributed by atoms with van der Waals surface area (Å²) in [6, 6.07) is 6.02. The van der Waals surface area contributed by atoms with Crippen LogP contribution in [0.3, 0.4) is 0 Å². The lowest BCUT2D eigenvalue weighted by atomic mass is 10.1. The molecule has 0 bridgehead atoms. The van der Waals surface area contributed by atoms with E-state index in [0.717, 1.165) is 24.2 Å². The maximum atomic E-state index is 12.5. The Morgan fingerprint density at radius 2 is 2.33 bits per heavy atom. The molecule has 4 heteroatoms. The molecule has 4 nitrogen and oxygen atoms in total. The summed E-state index contributed by atoms with van der Waals surface area (Å²) in [5.74, 6) is 0.222. The molecule has 1 fully saturated rings. The Morgan fingerprint density at radius 1 is 1.50 bits per heavy atom. The minimum Gasteiger partial charge on any atom is -0.399 e. The van der Waals surface area contributed by atoms with Crippen LogP contribution in [0, 0.1) is 5.92 Å². The summed E-state index contributed by atoms with van der Waals surface area (Å²) in [6.07, 6.45) is 1.73. The largest absolute Gasteiger partial charge is 0.399 e. The monoisotopic (exact) mass is 246 g/mol. The number of hydrogen-bond donors (Lipinski definition) is 1. The Hall–Kier alpha value is -1.55. The van der Waals surface area contributed by atoms with E-state index in [0.29, 0.717) is 13.2 Å². The summed E-state index contributed by atoms with van der Waals surface area (Å²) in [5, 5.41) is 0. The molecule has 2 atom stereocenters. The first-order valence-electron chi connectivity index (χ1n) is 6.46. The van der Waals surface area contributed by atoms with Crippen molar-refractivity contribution in [2.24, 2.45) is 5.92 Å². The predicted octanol–water partition coefficient (Wildman–Crippen LogP) is 1.58.